The summed E-state index contributed by atoms with van der Waals surface area (Å²) in [4.78, 5) is 6.64. The summed E-state index contributed by atoms with van der Waals surface area (Å²) >= 11 is 0. The van der Waals surface area contributed by atoms with Gasteiger partial charge in [0.2, 0.25) is 0 Å². The van der Waals surface area contributed by atoms with Gasteiger partial charge in [0.1, 0.15) is 0 Å². The van der Waals surface area contributed by atoms with Crippen LogP contribution in [0.25, 0.3) is 0 Å². The van der Waals surface area contributed by atoms with Crippen LogP contribution in [0.5, 0.6) is 0 Å². The van der Waals surface area contributed by atoms with Crippen molar-refractivity contribution in [2.75, 3.05) is 0 Å². The predicted octanol–water partition coefficient (Wildman–Crippen LogP) is -1.63. The molecule has 0 unspecified atom stereocenters. The zero-order chi connectivity index (χ0) is 3.41. The summed E-state index contributed by atoms with van der Waals surface area (Å²) < 4.78 is 0. The van der Waals surface area contributed by atoms with E-state index in [1.54, 1.807) is 0 Å². The zero-order valence-corrected chi connectivity index (χ0v) is 11.3. The van der Waals surface area contributed by atoms with Crippen LogP contribution in [-0.4, -0.2) is 94.4 Å². The summed E-state index contributed by atoms with van der Waals surface area (Å²) in [6.45, 7) is 0. The molecule has 0 aromatic heterocycles. The van der Waals surface area contributed by atoms with Crippen molar-refractivity contribution < 1.29 is 15.7 Å². The summed E-state index contributed by atoms with van der Waals surface area (Å²) in [6, 6.07) is 0. The van der Waals surface area contributed by atoms with E-state index in [2.05, 4.69) is 21.8 Å². The summed E-state index contributed by atoms with van der Waals surface area (Å²) in [6.07, 6.45) is 0. The molecular weight excluding hydrogens is 285 g/mol. The molecule has 34 valence electrons. The fourth-order valence-corrected chi connectivity index (χ4v) is 0. The first-order valence-electron chi connectivity index (χ1n) is 0.638. The molecule has 0 aliphatic heterocycles. The maximum atomic E-state index is 4.18. The molecule has 0 saturated heterocycles. The van der Waals surface area contributed by atoms with Crippen LogP contribution < -0.4 is 11.8 Å². The molecule has 0 saturated carbocycles. The number of rotatable bonds is 1. The van der Waals surface area contributed by atoms with Gasteiger partial charge in [-0.15, -0.1) is 9.98 Å². The van der Waals surface area contributed by atoms with Gasteiger partial charge < -0.3 is 5.71 Å². The van der Waals surface area contributed by atoms with E-state index in [1.807, 2.05) is 0 Å². The molecule has 0 bridgehead atoms. The Bertz CT molecular complexity index is 23.2. The molecule has 0 amide bonds. The monoisotopic (exact) mass is 294 g/mol. The van der Waals surface area contributed by atoms with E-state index in [-0.39, 0.29) is 100 Å². The third-order valence-corrected chi connectivity index (χ3v) is 0.0556. The minimum absolute atomic E-state index is 0. The molecule has 0 heterocycles. The Kier molecular flexibility index (Phi) is 41.6. The van der Waals surface area contributed by atoms with Gasteiger partial charge in [-0.3, -0.25) is 0 Å². The van der Waals surface area contributed by atoms with E-state index in [1.165, 1.54) is 0 Å². The maximum Gasteiger partial charge on any atom is 2.00 e. The SMILES string of the molecule is NOON.[Ba+2].[H-].[H-].[H-].[H-].[Sr+2]. The van der Waals surface area contributed by atoms with Crippen LogP contribution in [0.3, 0.4) is 0 Å². The molecule has 4 nitrogen and oxygen atoms in total. The predicted molar refractivity (Wildman–Crippen MR) is 26.5 cm³/mol. The molecule has 6 heavy (non-hydrogen) atoms. The van der Waals surface area contributed by atoms with Crippen LogP contribution in [0.4, 0.5) is 0 Å². The topological polar surface area (TPSA) is 70.5 Å². The molecular formula is H8BaN2O2Sr. The second-order valence-corrected chi connectivity index (χ2v) is 0.192. The van der Waals surface area contributed by atoms with Crippen molar-refractivity contribution >= 4 is 94.4 Å². The molecule has 0 aliphatic carbocycles. The molecule has 6 heteroatoms. The first-order chi connectivity index (χ1) is 1.91. The largest absolute Gasteiger partial charge is 2.00 e. The number of nitrogens with two attached hydrogens (primary N) is 2. The van der Waals surface area contributed by atoms with Crippen molar-refractivity contribution in [3.05, 3.63) is 0 Å². The molecule has 0 fully saturated rings. The van der Waals surface area contributed by atoms with Crippen molar-refractivity contribution in [3.8, 4) is 0 Å². The Balaban J connectivity index is -0.00000000300. The number of hydrogen-bond acceptors (Lipinski definition) is 4. The van der Waals surface area contributed by atoms with E-state index in [0.29, 0.717) is 0 Å². The van der Waals surface area contributed by atoms with Gasteiger partial charge in [-0.2, -0.15) is 11.8 Å². The first kappa shape index (κ1) is 16.0. The standard InChI is InChI=1S/Ba.H4N2O2.Sr.4H/c;1-3-4-2;;;;;/h;1-2H2;;;;;/q+2;;+2;4*-1. The zero-order valence-electron chi connectivity index (χ0n) is 7.39. The average Bonchev–Trinajstić information content (AvgIpc) is 1.37. The fourth-order valence-electron chi connectivity index (χ4n) is 0. The van der Waals surface area contributed by atoms with E-state index >= 15 is 0 Å². The van der Waals surface area contributed by atoms with Crippen molar-refractivity contribution in [1.82, 2.24) is 0 Å². The second kappa shape index (κ2) is 15.7. The van der Waals surface area contributed by atoms with Crippen molar-refractivity contribution in [2.45, 2.75) is 0 Å². The molecule has 0 atom stereocenters. The minimum Gasteiger partial charge on any atom is -1.00 e. The Morgan fingerprint density at radius 2 is 1.33 bits per heavy atom. The normalized spacial score (nSPS) is 5.00. The Morgan fingerprint density at radius 1 is 1.17 bits per heavy atom. The van der Waals surface area contributed by atoms with Crippen LogP contribution in [0.1, 0.15) is 5.71 Å². The van der Waals surface area contributed by atoms with Crippen LogP contribution in [0.15, 0.2) is 0 Å². The molecule has 0 aliphatic rings. The molecule has 0 aromatic carbocycles. The van der Waals surface area contributed by atoms with Crippen LogP contribution >= 0.6 is 0 Å². The van der Waals surface area contributed by atoms with Gasteiger partial charge in [0.15, 0.2) is 0 Å². The van der Waals surface area contributed by atoms with Crippen molar-refractivity contribution in [3.63, 3.8) is 0 Å². The Hall–Kier alpha value is 2.89. The van der Waals surface area contributed by atoms with E-state index in [9.17, 15) is 0 Å². The molecule has 0 radical (unpaired) electrons. The molecule has 0 spiro atoms. The average molecular weight is 293 g/mol. The number of hydrogen-bond donors (Lipinski definition) is 2. The Morgan fingerprint density at radius 3 is 1.33 bits per heavy atom. The quantitative estimate of drug-likeness (QED) is 0.346. The second-order valence-electron chi connectivity index (χ2n) is 0.192. The summed E-state index contributed by atoms with van der Waals surface area (Å²) in [5.74, 6) is 8.36. The van der Waals surface area contributed by atoms with Gasteiger partial charge in [0, 0.05) is 0 Å². The van der Waals surface area contributed by atoms with E-state index in [0.717, 1.165) is 0 Å². The molecule has 0 rings (SSSR count). The first-order valence-corrected chi connectivity index (χ1v) is 0.638. The summed E-state index contributed by atoms with van der Waals surface area (Å²) in [5.41, 5.74) is 0. The van der Waals surface area contributed by atoms with Gasteiger partial charge in [-0.05, 0) is 0 Å². The molecule has 4 N–H and O–H groups in total. The Labute approximate surface area is 119 Å². The van der Waals surface area contributed by atoms with Crippen molar-refractivity contribution in [1.29, 1.82) is 0 Å². The van der Waals surface area contributed by atoms with Crippen LogP contribution in [0.2, 0.25) is 0 Å². The maximum absolute atomic E-state index is 4.18. The van der Waals surface area contributed by atoms with Gasteiger partial charge in [0.05, 0.1) is 0 Å². The smallest absolute Gasteiger partial charge is 1.00 e. The molecule has 0 aromatic rings. The van der Waals surface area contributed by atoms with Gasteiger partial charge in [-0.25, -0.2) is 0 Å². The fraction of sp³-hybridized carbons (Fsp3) is 0. The van der Waals surface area contributed by atoms with Gasteiger partial charge >= 0.3 is 94.4 Å². The minimum atomic E-state index is 0. The van der Waals surface area contributed by atoms with E-state index < -0.39 is 0 Å². The van der Waals surface area contributed by atoms with Crippen molar-refractivity contribution in [2.24, 2.45) is 11.8 Å². The third kappa shape index (κ3) is 15.8. The van der Waals surface area contributed by atoms with E-state index in [4.69, 9.17) is 0 Å². The van der Waals surface area contributed by atoms with Gasteiger partial charge in [0.25, 0.3) is 0 Å². The third-order valence-electron chi connectivity index (χ3n) is 0.0556. The van der Waals surface area contributed by atoms with Crippen LogP contribution in [-0.2, 0) is 9.98 Å². The van der Waals surface area contributed by atoms with Gasteiger partial charge in [-0.1, -0.05) is 0 Å². The summed E-state index contributed by atoms with van der Waals surface area (Å²) in [7, 11) is 0. The summed E-state index contributed by atoms with van der Waals surface area (Å²) in [5, 5.41) is 0. The van der Waals surface area contributed by atoms with Crippen LogP contribution in [0, 0.1) is 0 Å².